The number of piperazine rings is 1. The first-order valence-electron chi connectivity index (χ1n) is 10.8. The Bertz CT molecular complexity index is 1340. The number of aromatic nitrogens is 1. The van der Waals surface area contributed by atoms with E-state index in [4.69, 9.17) is 4.98 Å². The summed E-state index contributed by atoms with van der Waals surface area (Å²) in [7, 11) is -3.48. The normalized spacial score (nSPS) is 15.6. The average molecular weight is 499 g/mol. The largest absolute Gasteiger partial charge is 0.478 e. The van der Waals surface area contributed by atoms with E-state index in [1.807, 2.05) is 59.7 Å². The Kier molecular flexibility index (Phi) is 7.20. The molecule has 10 heteroatoms. The second kappa shape index (κ2) is 10.1. The lowest BCUT2D eigenvalue weighted by Crippen LogP contribution is -2.47. The van der Waals surface area contributed by atoms with Gasteiger partial charge in [0.25, 0.3) is 10.0 Å². The van der Waals surface area contributed by atoms with Gasteiger partial charge in [-0.2, -0.15) is 0 Å². The molecule has 0 amide bonds. The van der Waals surface area contributed by atoms with Crippen LogP contribution < -0.4 is 0 Å². The number of fused-ring (bicyclic) bond motifs is 1. The number of para-hydroxylation sites is 1. The van der Waals surface area contributed by atoms with Gasteiger partial charge in [-0.1, -0.05) is 60.3 Å². The first-order chi connectivity index (χ1) is 16.3. The monoisotopic (exact) mass is 498 g/mol. The first kappa shape index (κ1) is 24.2. The van der Waals surface area contributed by atoms with Crippen molar-refractivity contribution in [3.8, 4) is 11.3 Å². The van der Waals surface area contributed by atoms with E-state index in [1.165, 1.54) is 11.8 Å². The number of carboxylic acids is 1. The molecule has 1 aliphatic rings. The van der Waals surface area contributed by atoms with Gasteiger partial charge in [-0.3, -0.25) is 4.90 Å². The number of amidine groups is 1. The number of hydrogen-bond donors (Lipinski definition) is 1. The smallest absolute Gasteiger partial charge is 0.336 e. The van der Waals surface area contributed by atoms with Gasteiger partial charge in [0.2, 0.25) is 0 Å². The summed E-state index contributed by atoms with van der Waals surface area (Å²) in [6.45, 7) is 2.90. The number of thioether (sulfide) groups is 1. The third-order valence-corrected chi connectivity index (χ3v) is 7.04. The molecular formula is C24H26N4O4S2. The van der Waals surface area contributed by atoms with Crippen molar-refractivity contribution in [1.82, 2.24) is 14.8 Å². The second-order valence-electron chi connectivity index (χ2n) is 8.08. The lowest BCUT2D eigenvalue weighted by molar-refractivity contribution is 0.0696. The van der Waals surface area contributed by atoms with Gasteiger partial charge in [-0.15, -0.1) is 4.40 Å². The molecule has 34 heavy (non-hydrogen) atoms. The van der Waals surface area contributed by atoms with Crippen LogP contribution >= 0.6 is 11.8 Å². The summed E-state index contributed by atoms with van der Waals surface area (Å²) in [6, 6.07) is 17.0. The standard InChI is InChI=1S/C24H26N4O4S2/c1-33-24(26-34(2,31)32)28-14-12-27(13-15-28)16-19-21(23(29)30)18-10-6-7-11-20(18)25-22(19)17-8-4-3-5-9-17/h3-11H,12-16H2,1-2H3,(H,29,30). The molecule has 1 N–H and O–H groups in total. The number of rotatable bonds is 5. The molecule has 0 aliphatic carbocycles. The number of sulfonamides is 1. The maximum Gasteiger partial charge on any atom is 0.336 e. The molecule has 0 spiro atoms. The van der Waals surface area contributed by atoms with Crippen LogP contribution in [0.2, 0.25) is 0 Å². The van der Waals surface area contributed by atoms with Gasteiger partial charge in [0.1, 0.15) is 0 Å². The van der Waals surface area contributed by atoms with Crippen LogP contribution in [-0.2, 0) is 16.6 Å². The molecule has 2 heterocycles. The van der Waals surface area contributed by atoms with Gasteiger partial charge in [-0.05, 0) is 12.3 Å². The summed E-state index contributed by atoms with van der Waals surface area (Å²) in [5.41, 5.74) is 3.14. The molecule has 1 aromatic heterocycles. The highest BCUT2D eigenvalue weighted by atomic mass is 32.2. The van der Waals surface area contributed by atoms with Crippen molar-refractivity contribution in [3.05, 3.63) is 65.7 Å². The van der Waals surface area contributed by atoms with Crippen molar-refractivity contribution in [2.24, 2.45) is 4.40 Å². The Morgan fingerprint density at radius 2 is 1.71 bits per heavy atom. The lowest BCUT2D eigenvalue weighted by Gasteiger charge is -2.36. The minimum atomic E-state index is -3.48. The zero-order chi connectivity index (χ0) is 24.3. The lowest BCUT2D eigenvalue weighted by atomic mass is 9.96. The highest BCUT2D eigenvalue weighted by molar-refractivity contribution is 8.13. The van der Waals surface area contributed by atoms with Crippen LogP contribution in [0, 0.1) is 0 Å². The minimum absolute atomic E-state index is 0.273. The molecule has 1 aliphatic heterocycles. The molecule has 0 saturated carbocycles. The van der Waals surface area contributed by atoms with Crippen molar-refractivity contribution >= 4 is 43.8 Å². The second-order valence-corrected chi connectivity index (χ2v) is 10.5. The number of nitrogens with zero attached hydrogens (tertiary/aromatic N) is 4. The Morgan fingerprint density at radius 1 is 1.06 bits per heavy atom. The molecule has 3 aromatic rings. The number of aromatic carboxylic acids is 1. The molecule has 0 atom stereocenters. The molecule has 0 radical (unpaired) electrons. The van der Waals surface area contributed by atoms with E-state index in [0.29, 0.717) is 60.1 Å². The Balaban J connectivity index is 1.69. The zero-order valence-corrected chi connectivity index (χ0v) is 20.6. The van der Waals surface area contributed by atoms with E-state index < -0.39 is 16.0 Å². The van der Waals surface area contributed by atoms with Crippen LogP contribution in [0.1, 0.15) is 15.9 Å². The highest BCUT2D eigenvalue weighted by Crippen LogP contribution is 2.31. The highest BCUT2D eigenvalue weighted by Gasteiger charge is 2.26. The predicted octanol–water partition coefficient (Wildman–Crippen LogP) is 3.40. The molecular weight excluding hydrogens is 472 g/mol. The van der Waals surface area contributed by atoms with E-state index in [-0.39, 0.29) is 5.56 Å². The Labute approximate surface area is 203 Å². The zero-order valence-electron chi connectivity index (χ0n) is 19.0. The van der Waals surface area contributed by atoms with E-state index in [1.54, 1.807) is 6.07 Å². The Hall–Kier alpha value is -2.95. The van der Waals surface area contributed by atoms with Gasteiger partial charge >= 0.3 is 5.97 Å². The molecule has 1 saturated heterocycles. The number of carboxylic acid groups (broad SMARTS) is 1. The van der Waals surface area contributed by atoms with Crippen molar-refractivity contribution in [1.29, 1.82) is 0 Å². The molecule has 4 rings (SSSR count). The van der Waals surface area contributed by atoms with Gasteiger partial charge in [-0.25, -0.2) is 18.2 Å². The van der Waals surface area contributed by atoms with E-state index in [0.717, 1.165) is 11.8 Å². The van der Waals surface area contributed by atoms with E-state index >= 15 is 0 Å². The van der Waals surface area contributed by atoms with Crippen LogP contribution in [-0.4, -0.2) is 78.1 Å². The molecule has 2 aromatic carbocycles. The minimum Gasteiger partial charge on any atom is -0.478 e. The van der Waals surface area contributed by atoms with Gasteiger partial charge in [0.05, 0.1) is 23.0 Å². The summed E-state index contributed by atoms with van der Waals surface area (Å²) >= 11 is 1.31. The SMILES string of the molecule is CSC(=NS(C)(=O)=O)N1CCN(Cc2c(-c3ccccc3)nc3ccccc3c2C(=O)O)CC1. The maximum absolute atomic E-state index is 12.4. The molecule has 0 unspecified atom stereocenters. The Morgan fingerprint density at radius 3 is 2.32 bits per heavy atom. The van der Waals surface area contributed by atoms with Gasteiger partial charge < -0.3 is 10.0 Å². The summed E-state index contributed by atoms with van der Waals surface area (Å²) in [5, 5.41) is 11.3. The molecule has 0 bridgehead atoms. The molecule has 1 fully saturated rings. The van der Waals surface area contributed by atoms with Crippen LogP contribution in [0.3, 0.4) is 0 Å². The maximum atomic E-state index is 12.4. The van der Waals surface area contributed by atoms with E-state index in [9.17, 15) is 18.3 Å². The fourth-order valence-electron chi connectivity index (χ4n) is 4.17. The van der Waals surface area contributed by atoms with E-state index in [2.05, 4.69) is 9.30 Å². The topological polar surface area (TPSA) is 103 Å². The van der Waals surface area contributed by atoms with Crippen LogP contribution in [0.4, 0.5) is 0 Å². The number of carbonyl (C=O) groups is 1. The predicted molar refractivity (Wildman–Crippen MR) is 137 cm³/mol. The fraction of sp³-hybridized carbons (Fsp3) is 0.292. The van der Waals surface area contributed by atoms with Crippen LogP contribution in [0.15, 0.2) is 59.0 Å². The van der Waals surface area contributed by atoms with Crippen molar-refractivity contribution in [3.63, 3.8) is 0 Å². The molecule has 178 valence electrons. The van der Waals surface area contributed by atoms with Crippen LogP contribution in [0.25, 0.3) is 22.2 Å². The first-order valence-corrected chi connectivity index (χ1v) is 13.9. The quantitative estimate of drug-likeness (QED) is 0.422. The third-order valence-electron chi connectivity index (χ3n) is 5.71. The molecule has 8 nitrogen and oxygen atoms in total. The summed E-state index contributed by atoms with van der Waals surface area (Å²) in [6.07, 6.45) is 2.90. The van der Waals surface area contributed by atoms with Crippen molar-refractivity contribution in [2.45, 2.75) is 6.54 Å². The fourth-order valence-corrected chi connectivity index (χ4v) is 5.72. The summed E-state index contributed by atoms with van der Waals surface area (Å²) in [4.78, 5) is 21.4. The summed E-state index contributed by atoms with van der Waals surface area (Å²) < 4.78 is 27.1. The third kappa shape index (κ3) is 5.40. The summed E-state index contributed by atoms with van der Waals surface area (Å²) in [5.74, 6) is -0.977. The number of pyridine rings is 1. The average Bonchev–Trinajstić information content (AvgIpc) is 2.82. The number of benzene rings is 2. The van der Waals surface area contributed by atoms with Crippen LogP contribution in [0.5, 0.6) is 0 Å². The number of hydrogen-bond acceptors (Lipinski definition) is 6. The van der Waals surface area contributed by atoms with Crippen molar-refractivity contribution in [2.75, 3.05) is 38.7 Å². The van der Waals surface area contributed by atoms with Gasteiger partial charge in [0.15, 0.2) is 5.17 Å². The van der Waals surface area contributed by atoms with Gasteiger partial charge in [0, 0.05) is 49.2 Å². The van der Waals surface area contributed by atoms with Crippen molar-refractivity contribution < 1.29 is 18.3 Å².